The fourth-order valence-electron chi connectivity index (χ4n) is 1.54. The standard InChI is InChI=1S/C13H29N3O.HI/c1-3-5-6-7-8-9-10-15-13(14)16-11-12-17-4-2;/h3-12H2,1-2H3,(H3,14,15,16);1H. The SMILES string of the molecule is CCCCCCCCN=C(N)NCCOCC.I. The van der Waals surface area contributed by atoms with E-state index in [4.69, 9.17) is 10.5 Å². The molecule has 0 saturated carbocycles. The monoisotopic (exact) mass is 371 g/mol. The molecule has 110 valence electrons. The minimum Gasteiger partial charge on any atom is -0.380 e. The maximum atomic E-state index is 5.70. The second-order valence-corrected chi connectivity index (χ2v) is 4.16. The van der Waals surface area contributed by atoms with Crippen molar-refractivity contribution in [3.8, 4) is 0 Å². The fourth-order valence-corrected chi connectivity index (χ4v) is 1.54. The van der Waals surface area contributed by atoms with Crippen LogP contribution in [0.5, 0.6) is 0 Å². The number of rotatable bonds is 11. The number of hydrogen-bond acceptors (Lipinski definition) is 2. The van der Waals surface area contributed by atoms with Gasteiger partial charge in [-0.2, -0.15) is 0 Å². The van der Waals surface area contributed by atoms with E-state index < -0.39 is 0 Å². The maximum absolute atomic E-state index is 5.70. The Morgan fingerprint density at radius 1 is 1.11 bits per heavy atom. The molecule has 0 atom stereocenters. The molecular formula is C13H30IN3O. The van der Waals surface area contributed by atoms with Crippen LogP contribution in [0.15, 0.2) is 4.99 Å². The summed E-state index contributed by atoms with van der Waals surface area (Å²) >= 11 is 0. The molecule has 0 aromatic rings. The summed E-state index contributed by atoms with van der Waals surface area (Å²) in [6, 6.07) is 0. The molecule has 0 fully saturated rings. The molecule has 0 unspecified atom stereocenters. The minimum atomic E-state index is 0. The van der Waals surface area contributed by atoms with Crippen LogP contribution in [-0.4, -0.2) is 32.3 Å². The van der Waals surface area contributed by atoms with Crippen LogP contribution in [0.3, 0.4) is 0 Å². The number of halogens is 1. The summed E-state index contributed by atoms with van der Waals surface area (Å²) in [4.78, 5) is 4.27. The molecule has 0 aromatic carbocycles. The maximum Gasteiger partial charge on any atom is 0.188 e. The largest absolute Gasteiger partial charge is 0.380 e. The smallest absolute Gasteiger partial charge is 0.188 e. The molecule has 4 nitrogen and oxygen atoms in total. The van der Waals surface area contributed by atoms with Gasteiger partial charge in [-0.1, -0.05) is 39.0 Å². The molecule has 0 radical (unpaired) electrons. The van der Waals surface area contributed by atoms with Crippen LogP contribution >= 0.6 is 24.0 Å². The summed E-state index contributed by atoms with van der Waals surface area (Å²) in [5.41, 5.74) is 5.70. The molecule has 3 N–H and O–H groups in total. The second-order valence-electron chi connectivity index (χ2n) is 4.16. The van der Waals surface area contributed by atoms with Gasteiger partial charge in [-0.25, -0.2) is 0 Å². The summed E-state index contributed by atoms with van der Waals surface area (Å²) in [5, 5.41) is 3.03. The van der Waals surface area contributed by atoms with Crippen LogP contribution in [0.4, 0.5) is 0 Å². The molecule has 0 rings (SSSR count). The molecule has 0 amide bonds. The van der Waals surface area contributed by atoms with E-state index in [1.807, 2.05) is 6.92 Å². The van der Waals surface area contributed by atoms with Crippen molar-refractivity contribution in [2.24, 2.45) is 10.7 Å². The van der Waals surface area contributed by atoms with Crippen LogP contribution in [-0.2, 0) is 4.74 Å². The predicted molar refractivity (Wildman–Crippen MR) is 89.8 cm³/mol. The summed E-state index contributed by atoms with van der Waals surface area (Å²) in [7, 11) is 0. The number of aliphatic imine (C=N–C) groups is 1. The highest BCUT2D eigenvalue weighted by Gasteiger charge is 1.92. The summed E-state index contributed by atoms with van der Waals surface area (Å²) in [6.45, 7) is 7.22. The van der Waals surface area contributed by atoms with Crippen molar-refractivity contribution in [1.29, 1.82) is 0 Å². The van der Waals surface area contributed by atoms with Crippen LogP contribution in [0.1, 0.15) is 52.4 Å². The zero-order valence-electron chi connectivity index (χ0n) is 11.9. The molecular weight excluding hydrogens is 341 g/mol. The normalized spacial score (nSPS) is 11.1. The van der Waals surface area contributed by atoms with E-state index in [1.165, 1.54) is 32.1 Å². The highest BCUT2D eigenvalue weighted by Crippen LogP contribution is 2.04. The van der Waals surface area contributed by atoms with Gasteiger partial charge in [-0.15, -0.1) is 24.0 Å². The second kappa shape index (κ2) is 17.0. The van der Waals surface area contributed by atoms with E-state index in [-0.39, 0.29) is 24.0 Å². The first kappa shape index (κ1) is 20.3. The van der Waals surface area contributed by atoms with E-state index in [1.54, 1.807) is 0 Å². The Morgan fingerprint density at radius 3 is 2.44 bits per heavy atom. The lowest BCUT2D eigenvalue weighted by Gasteiger charge is -2.05. The zero-order valence-corrected chi connectivity index (χ0v) is 14.2. The highest BCUT2D eigenvalue weighted by molar-refractivity contribution is 14.0. The van der Waals surface area contributed by atoms with Crippen molar-refractivity contribution in [3.63, 3.8) is 0 Å². The minimum absolute atomic E-state index is 0. The molecule has 5 heteroatoms. The van der Waals surface area contributed by atoms with Crippen LogP contribution in [0.2, 0.25) is 0 Å². The van der Waals surface area contributed by atoms with E-state index in [2.05, 4.69) is 17.2 Å². The Balaban J connectivity index is 0. The van der Waals surface area contributed by atoms with E-state index >= 15 is 0 Å². The van der Waals surface area contributed by atoms with Gasteiger partial charge in [0.1, 0.15) is 0 Å². The zero-order chi connectivity index (χ0) is 12.8. The van der Waals surface area contributed by atoms with Gasteiger partial charge in [0.15, 0.2) is 5.96 Å². The van der Waals surface area contributed by atoms with Crippen LogP contribution < -0.4 is 11.1 Å². The number of nitrogens with one attached hydrogen (secondary N) is 1. The van der Waals surface area contributed by atoms with Gasteiger partial charge in [-0.3, -0.25) is 4.99 Å². The first-order valence-corrected chi connectivity index (χ1v) is 6.92. The highest BCUT2D eigenvalue weighted by atomic mass is 127. The average Bonchev–Trinajstić information content (AvgIpc) is 2.33. The van der Waals surface area contributed by atoms with Gasteiger partial charge >= 0.3 is 0 Å². The topological polar surface area (TPSA) is 59.6 Å². The number of unbranched alkanes of at least 4 members (excludes halogenated alkanes) is 5. The predicted octanol–water partition coefficient (Wildman–Crippen LogP) is 2.91. The van der Waals surface area contributed by atoms with Crippen molar-refractivity contribution in [3.05, 3.63) is 0 Å². The van der Waals surface area contributed by atoms with Crippen molar-refractivity contribution in [1.82, 2.24) is 5.32 Å². The Morgan fingerprint density at radius 2 is 1.78 bits per heavy atom. The third-order valence-electron chi connectivity index (χ3n) is 2.55. The summed E-state index contributed by atoms with van der Waals surface area (Å²) < 4.78 is 5.19. The average molecular weight is 371 g/mol. The number of guanidine groups is 1. The van der Waals surface area contributed by atoms with E-state index in [0.29, 0.717) is 12.6 Å². The molecule has 0 aliphatic carbocycles. The molecule has 0 aromatic heterocycles. The molecule has 0 heterocycles. The Bertz CT molecular complexity index is 189. The fraction of sp³-hybridized carbons (Fsp3) is 0.923. The first-order valence-electron chi connectivity index (χ1n) is 6.92. The first-order chi connectivity index (χ1) is 8.31. The van der Waals surface area contributed by atoms with Gasteiger partial charge in [0.2, 0.25) is 0 Å². The molecule has 0 aliphatic rings. The van der Waals surface area contributed by atoms with E-state index in [9.17, 15) is 0 Å². The van der Waals surface area contributed by atoms with Crippen molar-refractivity contribution < 1.29 is 4.74 Å². The van der Waals surface area contributed by atoms with Gasteiger partial charge in [0.25, 0.3) is 0 Å². The third-order valence-corrected chi connectivity index (χ3v) is 2.55. The van der Waals surface area contributed by atoms with E-state index in [0.717, 1.165) is 26.1 Å². The lowest BCUT2D eigenvalue weighted by Crippen LogP contribution is -2.34. The van der Waals surface area contributed by atoms with Gasteiger partial charge in [0.05, 0.1) is 6.61 Å². The Hall–Kier alpha value is -0.0400. The Labute approximate surface area is 129 Å². The number of hydrogen-bond donors (Lipinski definition) is 2. The quantitative estimate of drug-likeness (QED) is 0.254. The van der Waals surface area contributed by atoms with Crippen LogP contribution in [0, 0.1) is 0 Å². The lowest BCUT2D eigenvalue weighted by molar-refractivity contribution is 0.152. The molecule has 0 spiro atoms. The molecule has 18 heavy (non-hydrogen) atoms. The molecule has 0 bridgehead atoms. The Kier molecular flexibility index (Phi) is 19.1. The van der Waals surface area contributed by atoms with Gasteiger partial charge < -0.3 is 15.8 Å². The summed E-state index contributed by atoms with van der Waals surface area (Å²) in [6.07, 6.45) is 7.72. The van der Waals surface area contributed by atoms with Crippen molar-refractivity contribution >= 4 is 29.9 Å². The number of nitrogens with two attached hydrogens (primary N) is 1. The van der Waals surface area contributed by atoms with Crippen LogP contribution in [0.25, 0.3) is 0 Å². The third kappa shape index (κ3) is 16.0. The van der Waals surface area contributed by atoms with Gasteiger partial charge in [0, 0.05) is 19.7 Å². The van der Waals surface area contributed by atoms with Crippen molar-refractivity contribution in [2.45, 2.75) is 52.4 Å². The summed E-state index contributed by atoms with van der Waals surface area (Å²) in [5.74, 6) is 0.540. The molecule has 0 aliphatic heterocycles. The number of ether oxygens (including phenoxy) is 1. The van der Waals surface area contributed by atoms with Crippen molar-refractivity contribution in [2.75, 3.05) is 26.3 Å². The lowest BCUT2D eigenvalue weighted by atomic mass is 10.1. The number of nitrogens with zero attached hydrogens (tertiary/aromatic N) is 1. The molecule has 0 saturated heterocycles. The van der Waals surface area contributed by atoms with Gasteiger partial charge in [-0.05, 0) is 13.3 Å².